The van der Waals surface area contributed by atoms with Gasteiger partial charge in [0.1, 0.15) is 5.75 Å². The number of hydrogen-bond donors (Lipinski definition) is 2. The molecule has 0 aliphatic rings. The molecule has 7 nitrogen and oxygen atoms in total. The summed E-state index contributed by atoms with van der Waals surface area (Å²) in [4.78, 5) is 8.42. The predicted octanol–water partition coefficient (Wildman–Crippen LogP) is 3.04. The Morgan fingerprint density at radius 3 is 2.50 bits per heavy atom. The van der Waals surface area contributed by atoms with E-state index in [2.05, 4.69) is 30.5 Å². The molecule has 154 valence electrons. The highest BCUT2D eigenvalue weighted by Crippen LogP contribution is 2.18. The topological polar surface area (TPSA) is 84.6 Å². The molecule has 0 aliphatic carbocycles. The summed E-state index contributed by atoms with van der Waals surface area (Å²) < 4.78 is 46.3. The van der Waals surface area contributed by atoms with Gasteiger partial charge in [0.05, 0.1) is 0 Å². The molecule has 0 spiro atoms. The van der Waals surface area contributed by atoms with Crippen molar-refractivity contribution in [1.29, 1.82) is 0 Å². The normalized spacial score (nSPS) is 12.3. The van der Waals surface area contributed by atoms with Crippen molar-refractivity contribution in [2.75, 3.05) is 20.2 Å². The zero-order chi connectivity index (χ0) is 20.6. The lowest BCUT2D eigenvalue weighted by Gasteiger charge is -2.12. The number of alkyl halides is 3. The second kappa shape index (κ2) is 9.95. The number of guanidine groups is 1. The fourth-order valence-corrected chi connectivity index (χ4v) is 2.17. The zero-order valence-electron chi connectivity index (χ0n) is 16.0. The molecule has 1 aromatic carbocycles. The van der Waals surface area contributed by atoms with E-state index in [0.29, 0.717) is 37.2 Å². The van der Waals surface area contributed by atoms with E-state index >= 15 is 0 Å². The SMILES string of the molecule is CN=C(NCCc1nc(C(C)C)no1)NCc1ccc(OCC(F)(F)F)cc1. The molecule has 2 rings (SSSR count). The van der Waals surface area contributed by atoms with Crippen molar-refractivity contribution in [3.05, 3.63) is 41.5 Å². The largest absolute Gasteiger partial charge is 0.484 e. The summed E-state index contributed by atoms with van der Waals surface area (Å²) in [7, 11) is 1.65. The monoisotopic (exact) mass is 399 g/mol. The van der Waals surface area contributed by atoms with Gasteiger partial charge in [-0.3, -0.25) is 4.99 Å². The molecule has 10 heteroatoms. The Labute approximate surface area is 161 Å². The molecule has 0 aliphatic heterocycles. The average Bonchev–Trinajstić information content (AvgIpc) is 3.12. The Kier molecular flexibility index (Phi) is 7.65. The molecular weight excluding hydrogens is 375 g/mol. The van der Waals surface area contributed by atoms with Gasteiger partial charge >= 0.3 is 6.18 Å². The number of aromatic nitrogens is 2. The lowest BCUT2D eigenvalue weighted by molar-refractivity contribution is -0.153. The van der Waals surface area contributed by atoms with Crippen LogP contribution in [0.5, 0.6) is 5.75 Å². The molecule has 0 atom stereocenters. The second-order valence-corrected chi connectivity index (χ2v) is 6.35. The van der Waals surface area contributed by atoms with E-state index in [-0.39, 0.29) is 11.7 Å². The molecule has 1 aromatic heterocycles. The van der Waals surface area contributed by atoms with Gasteiger partial charge in [0.25, 0.3) is 0 Å². The summed E-state index contributed by atoms with van der Waals surface area (Å²) in [6.07, 6.45) is -3.79. The summed E-state index contributed by atoms with van der Waals surface area (Å²) in [5, 5.41) is 10.2. The van der Waals surface area contributed by atoms with Crippen LogP contribution in [0.15, 0.2) is 33.8 Å². The van der Waals surface area contributed by atoms with Crippen LogP contribution in [0, 0.1) is 0 Å². The molecule has 28 heavy (non-hydrogen) atoms. The van der Waals surface area contributed by atoms with E-state index < -0.39 is 12.8 Å². The maximum absolute atomic E-state index is 12.1. The van der Waals surface area contributed by atoms with Gasteiger partial charge in [0.15, 0.2) is 18.4 Å². The maximum Gasteiger partial charge on any atom is 0.422 e. The third-order valence-corrected chi connectivity index (χ3v) is 3.64. The highest BCUT2D eigenvalue weighted by Gasteiger charge is 2.28. The summed E-state index contributed by atoms with van der Waals surface area (Å²) in [6, 6.07) is 6.39. The van der Waals surface area contributed by atoms with Crippen LogP contribution < -0.4 is 15.4 Å². The first kappa shape index (κ1) is 21.5. The van der Waals surface area contributed by atoms with E-state index in [1.54, 1.807) is 19.2 Å². The first-order chi connectivity index (χ1) is 13.3. The van der Waals surface area contributed by atoms with Crippen LogP contribution in [0.3, 0.4) is 0 Å². The van der Waals surface area contributed by atoms with Crippen LogP contribution in [0.4, 0.5) is 13.2 Å². The molecule has 2 N–H and O–H groups in total. The number of nitrogens with one attached hydrogen (secondary N) is 2. The maximum atomic E-state index is 12.1. The van der Waals surface area contributed by atoms with E-state index in [1.807, 2.05) is 13.8 Å². The Morgan fingerprint density at radius 2 is 1.93 bits per heavy atom. The molecular formula is C18H24F3N5O2. The quantitative estimate of drug-likeness (QED) is 0.524. The molecule has 0 saturated carbocycles. The third kappa shape index (κ3) is 7.45. The molecule has 0 unspecified atom stereocenters. The summed E-state index contributed by atoms with van der Waals surface area (Å²) in [6.45, 7) is 3.70. The van der Waals surface area contributed by atoms with Gasteiger partial charge in [0, 0.05) is 32.5 Å². The van der Waals surface area contributed by atoms with E-state index in [9.17, 15) is 13.2 Å². The van der Waals surface area contributed by atoms with Crippen molar-refractivity contribution in [3.8, 4) is 5.75 Å². The van der Waals surface area contributed by atoms with Crippen LogP contribution in [-0.4, -0.2) is 42.5 Å². The van der Waals surface area contributed by atoms with Crippen molar-refractivity contribution >= 4 is 5.96 Å². The Bertz CT molecular complexity index is 757. The standard InChI is InChI=1S/C18H24F3N5O2/c1-12(2)16-25-15(28-26-16)8-9-23-17(22-3)24-10-13-4-6-14(7-5-13)27-11-18(19,20)21/h4-7,12H,8-11H2,1-3H3,(H2,22,23,24). The number of hydrogen-bond acceptors (Lipinski definition) is 5. The lowest BCUT2D eigenvalue weighted by Crippen LogP contribution is -2.37. The fourth-order valence-electron chi connectivity index (χ4n) is 2.17. The van der Waals surface area contributed by atoms with Crippen LogP contribution in [-0.2, 0) is 13.0 Å². The number of aliphatic imine (C=N–C) groups is 1. The van der Waals surface area contributed by atoms with Gasteiger partial charge in [-0.05, 0) is 17.7 Å². The van der Waals surface area contributed by atoms with E-state index in [4.69, 9.17) is 4.52 Å². The highest BCUT2D eigenvalue weighted by atomic mass is 19.4. The third-order valence-electron chi connectivity index (χ3n) is 3.64. The van der Waals surface area contributed by atoms with Gasteiger partial charge in [-0.2, -0.15) is 18.2 Å². The minimum atomic E-state index is -4.35. The molecule has 2 aromatic rings. The van der Waals surface area contributed by atoms with E-state index in [0.717, 1.165) is 5.56 Å². The van der Waals surface area contributed by atoms with Crippen LogP contribution in [0.2, 0.25) is 0 Å². The number of nitrogens with zero attached hydrogens (tertiary/aromatic N) is 3. The van der Waals surface area contributed by atoms with Gasteiger partial charge in [0.2, 0.25) is 5.89 Å². The first-order valence-electron chi connectivity index (χ1n) is 8.82. The van der Waals surface area contributed by atoms with Crippen molar-refractivity contribution in [2.24, 2.45) is 4.99 Å². The van der Waals surface area contributed by atoms with Gasteiger partial charge in [-0.15, -0.1) is 0 Å². The number of halogens is 3. The fraction of sp³-hybridized carbons (Fsp3) is 0.500. The van der Waals surface area contributed by atoms with Crippen molar-refractivity contribution < 1.29 is 22.4 Å². The summed E-state index contributed by atoms with van der Waals surface area (Å²) in [5.74, 6) is 2.20. The van der Waals surface area contributed by atoms with E-state index in [1.165, 1.54) is 12.1 Å². The minimum absolute atomic E-state index is 0.170. The Hall–Kier alpha value is -2.78. The molecule has 0 fully saturated rings. The molecule has 0 radical (unpaired) electrons. The van der Waals surface area contributed by atoms with Crippen molar-refractivity contribution in [3.63, 3.8) is 0 Å². The number of rotatable bonds is 8. The summed E-state index contributed by atoms with van der Waals surface area (Å²) >= 11 is 0. The smallest absolute Gasteiger partial charge is 0.422 e. The second-order valence-electron chi connectivity index (χ2n) is 6.35. The first-order valence-corrected chi connectivity index (χ1v) is 8.82. The Balaban J connectivity index is 1.74. The number of benzene rings is 1. The minimum Gasteiger partial charge on any atom is -0.484 e. The van der Waals surface area contributed by atoms with Gasteiger partial charge < -0.3 is 19.9 Å². The van der Waals surface area contributed by atoms with Gasteiger partial charge in [-0.1, -0.05) is 31.1 Å². The summed E-state index contributed by atoms with van der Waals surface area (Å²) in [5.41, 5.74) is 0.876. The molecule has 0 amide bonds. The van der Waals surface area contributed by atoms with Crippen LogP contribution >= 0.6 is 0 Å². The van der Waals surface area contributed by atoms with Gasteiger partial charge in [-0.25, -0.2) is 0 Å². The molecule has 0 saturated heterocycles. The average molecular weight is 399 g/mol. The lowest BCUT2D eigenvalue weighted by atomic mass is 10.2. The molecule has 0 bridgehead atoms. The van der Waals surface area contributed by atoms with Crippen molar-refractivity contribution in [1.82, 2.24) is 20.8 Å². The van der Waals surface area contributed by atoms with Crippen molar-refractivity contribution in [2.45, 2.75) is 38.9 Å². The Morgan fingerprint density at radius 1 is 1.21 bits per heavy atom. The predicted molar refractivity (Wildman–Crippen MR) is 98.3 cm³/mol. The molecule has 1 heterocycles. The van der Waals surface area contributed by atoms with Crippen LogP contribution in [0.25, 0.3) is 0 Å². The highest BCUT2D eigenvalue weighted by molar-refractivity contribution is 5.79. The number of ether oxygens (including phenoxy) is 1. The van der Waals surface area contributed by atoms with Crippen LogP contribution in [0.1, 0.15) is 37.0 Å². The zero-order valence-corrected chi connectivity index (χ0v) is 16.0.